The molecule has 1 saturated heterocycles. The Hall–Kier alpha value is -0.785. The Morgan fingerprint density at radius 3 is 2.54 bits per heavy atom. The van der Waals surface area contributed by atoms with Crippen LogP contribution in [0.2, 0.25) is 0 Å². The fourth-order valence-corrected chi connectivity index (χ4v) is 1.31. The van der Waals surface area contributed by atoms with Crippen LogP contribution in [-0.4, -0.2) is 53.7 Å². The van der Waals surface area contributed by atoms with Crippen molar-refractivity contribution < 1.29 is 20.1 Å². The fraction of sp³-hybridized carbons (Fsp3) is 1.00. The molecule has 72 valence electrons. The number of azide groups is 1. The highest BCUT2D eigenvalue weighted by molar-refractivity contribution is 6.11. The van der Waals surface area contributed by atoms with Gasteiger partial charge in [0.2, 0.25) is 0 Å². The molecule has 0 aromatic carbocycles. The standard InChI is InChI=1S/C5H10BN3O4/c6-4-2(11)3(12)5(1-10,13-4)8-9-7/h2-4,10-12H,1,6H2/t2-,3+,4-,5-/m1/s1. The summed E-state index contributed by atoms with van der Waals surface area (Å²) in [4.78, 5) is 2.45. The van der Waals surface area contributed by atoms with E-state index < -0.39 is 30.5 Å². The maximum atomic E-state index is 9.41. The summed E-state index contributed by atoms with van der Waals surface area (Å²) in [7, 11) is 1.51. The molecule has 1 aliphatic rings. The summed E-state index contributed by atoms with van der Waals surface area (Å²) in [5, 5.41) is 30.7. The molecule has 1 aliphatic heterocycles. The molecule has 1 heterocycles. The lowest BCUT2D eigenvalue weighted by atomic mass is 9.92. The largest absolute Gasteiger partial charge is 0.393 e. The van der Waals surface area contributed by atoms with Gasteiger partial charge in [0.1, 0.15) is 20.1 Å². The minimum atomic E-state index is -1.74. The van der Waals surface area contributed by atoms with Gasteiger partial charge in [0.05, 0.1) is 12.6 Å². The zero-order valence-electron chi connectivity index (χ0n) is 7.03. The fourth-order valence-electron chi connectivity index (χ4n) is 1.31. The molecule has 8 heteroatoms. The average molecular weight is 187 g/mol. The molecule has 13 heavy (non-hydrogen) atoms. The zero-order valence-corrected chi connectivity index (χ0v) is 7.03. The Morgan fingerprint density at radius 2 is 2.23 bits per heavy atom. The number of hydrogen-bond acceptors (Lipinski definition) is 5. The Bertz CT molecular complexity index is 246. The Balaban J connectivity index is 2.95. The van der Waals surface area contributed by atoms with Crippen LogP contribution in [0.15, 0.2) is 5.11 Å². The molecule has 0 bridgehead atoms. The summed E-state index contributed by atoms with van der Waals surface area (Å²) in [6, 6.07) is -0.673. The van der Waals surface area contributed by atoms with E-state index in [1.54, 1.807) is 0 Å². The molecule has 1 rings (SSSR count). The SMILES string of the molecule is B[C@@H]1O[C@@](CO)(N=[N+]=[N-])[C@@H](O)[C@H]1O. The van der Waals surface area contributed by atoms with E-state index in [-0.39, 0.29) is 0 Å². The van der Waals surface area contributed by atoms with Crippen molar-refractivity contribution >= 4 is 7.85 Å². The smallest absolute Gasteiger partial charge is 0.197 e. The molecule has 0 amide bonds. The molecule has 0 unspecified atom stereocenters. The van der Waals surface area contributed by atoms with E-state index in [4.69, 9.17) is 15.4 Å². The summed E-state index contributed by atoms with van der Waals surface area (Å²) in [6.45, 7) is -0.667. The monoisotopic (exact) mass is 187 g/mol. The van der Waals surface area contributed by atoms with E-state index in [0.717, 1.165) is 0 Å². The minimum absolute atomic E-state index is 0.667. The van der Waals surface area contributed by atoms with Gasteiger partial charge in [-0.3, -0.25) is 0 Å². The maximum Gasteiger partial charge on any atom is 0.197 e. The number of ether oxygens (including phenoxy) is 1. The molecule has 0 radical (unpaired) electrons. The van der Waals surface area contributed by atoms with Crippen molar-refractivity contribution in [2.24, 2.45) is 5.11 Å². The Kier molecular flexibility index (Phi) is 2.79. The lowest BCUT2D eigenvalue weighted by Gasteiger charge is -2.23. The van der Waals surface area contributed by atoms with E-state index >= 15 is 0 Å². The third kappa shape index (κ3) is 1.50. The van der Waals surface area contributed by atoms with E-state index in [2.05, 4.69) is 10.0 Å². The summed E-state index contributed by atoms with van der Waals surface area (Å²) in [6.07, 6.45) is -2.55. The molecular formula is C5H10BN3O4. The highest BCUT2D eigenvalue weighted by Crippen LogP contribution is 2.31. The van der Waals surface area contributed by atoms with Crippen LogP contribution in [0.25, 0.3) is 10.4 Å². The first-order valence-corrected chi connectivity index (χ1v) is 3.78. The molecule has 1 fully saturated rings. The predicted octanol–water partition coefficient (Wildman–Crippen LogP) is -2.30. The number of nitrogens with zero attached hydrogens (tertiary/aromatic N) is 3. The zero-order chi connectivity index (χ0) is 10.1. The molecule has 4 atom stereocenters. The van der Waals surface area contributed by atoms with Crippen molar-refractivity contribution in [1.82, 2.24) is 0 Å². The number of aliphatic hydroxyl groups excluding tert-OH is 3. The van der Waals surface area contributed by atoms with Crippen molar-refractivity contribution in [2.45, 2.75) is 23.9 Å². The van der Waals surface area contributed by atoms with Gasteiger partial charge in [-0.15, -0.1) is 0 Å². The number of aliphatic hydroxyl groups is 3. The van der Waals surface area contributed by atoms with Crippen LogP contribution in [0.1, 0.15) is 0 Å². The van der Waals surface area contributed by atoms with Crippen molar-refractivity contribution in [1.29, 1.82) is 0 Å². The van der Waals surface area contributed by atoms with Crippen LogP contribution in [0.3, 0.4) is 0 Å². The van der Waals surface area contributed by atoms with Crippen molar-refractivity contribution in [3.05, 3.63) is 10.4 Å². The van der Waals surface area contributed by atoms with Crippen LogP contribution in [0.5, 0.6) is 0 Å². The van der Waals surface area contributed by atoms with Gasteiger partial charge in [0, 0.05) is 4.91 Å². The van der Waals surface area contributed by atoms with Crippen LogP contribution in [0, 0.1) is 0 Å². The molecule has 0 aromatic rings. The number of rotatable bonds is 2. The van der Waals surface area contributed by atoms with Gasteiger partial charge in [-0.25, -0.2) is 0 Å². The lowest BCUT2D eigenvalue weighted by molar-refractivity contribution is -0.0947. The quantitative estimate of drug-likeness (QED) is 0.195. The van der Waals surface area contributed by atoms with Gasteiger partial charge < -0.3 is 20.1 Å². The Morgan fingerprint density at radius 1 is 1.62 bits per heavy atom. The number of hydrogen-bond donors (Lipinski definition) is 3. The van der Waals surface area contributed by atoms with Gasteiger partial charge in [-0.05, 0) is 5.53 Å². The van der Waals surface area contributed by atoms with E-state index in [0.29, 0.717) is 0 Å². The van der Waals surface area contributed by atoms with Gasteiger partial charge in [-0.2, -0.15) is 0 Å². The maximum absolute atomic E-state index is 9.41. The normalized spacial score (nSPS) is 44.4. The molecule has 0 spiro atoms. The van der Waals surface area contributed by atoms with Crippen LogP contribution in [-0.2, 0) is 4.74 Å². The second-order valence-corrected chi connectivity index (χ2v) is 2.95. The van der Waals surface area contributed by atoms with Crippen molar-refractivity contribution in [3.8, 4) is 0 Å². The molecular weight excluding hydrogens is 177 g/mol. The van der Waals surface area contributed by atoms with Crippen LogP contribution < -0.4 is 0 Å². The molecule has 0 aromatic heterocycles. The molecule has 0 aliphatic carbocycles. The van der Waals surface area contributed by atoms with Crippen molar-refractivity contribution in [3.63, 3.8) is 0 Å². The van der Waals surface area contributed by atoms with Gasteiger partial charge in [0.25, 0.3) is 0 Å². The van der Waals surface area contributed by atoms with Gasteiger partial charge >= 0.3 is 0 Å². The van der Waals surface area contributed by atoms with Crippen LogP contribution >= 0.6 is 0 Å². The summed E-state index contributed by atoms with van der Waals surface area (Å²) in [5.41, 5.74) is 6.45. The minimum Gasteiger partial charge on any atom is -0.393 e. The first-order chi connectivity index (χ1) is 6.07. The van der Waals surface area contributed by atoms with E-state index in [1.165, 1.54) is 7.85 Å². The lowest BCUT2D eigenvalue weighted by Crippen LogP contribution is -2.44. The first kappa shape index (κ1) is 10.3. The van der Waals surface area contributed by atoms with Gasteiger partial charge in [-0.1, -0.05) is 5.11 Å². The highest BCUT2D eigenvalue weighted by Gasteiger charge is 2.51. The van der Waals surface area contributed by atoms with Gasteiger partial charge in [0.15, 0.2) is 5.72 Å². The third-order valence-corrected chi connectivity index (χ3v) is 2.10. The second kappa shape index (κ2) is 3.53. The Labute approximate surface area is 75.0 Å². The van der Waals surface area contributed by atoms with Crippen molar-refractivity contribution in [2.75, 3.05) is 6.61 Å². The van der Waals surface area contributed by atoms with E-state index in [1.807, 2.05) is 0 Å². The topological polar surface area (TPSA) is 119 Å². The molecule has 7 nitrogen and oxygen atoms in total. The predicted molar refractivity (Wildman–Crippen MR) is 44.4 cm³/mol. The summed E-state index contributed by atoms with van der Waals surface area (Å²) in [5.74, 6) is 0. The summed E-state index contributed by atoms with van der Waals surface area (Å²) < 4.78 is 4.99. The van der Waals surface area contributed by atoms with E-state index in [9.17, 15) is 10.2 Å². The average Bonchev–Trinajstić information content (AvgIpc) is 2.32. The first-order valence-electron chi connectivity index (χ1n) is 3.78. The highest BCUT2D eigenvalue weighted by atomic mass is 16.6. The third-order valence-electron chi connectivity index (χ3n) is 2.10. The second-order valence-electron chi connectivity index (χ2n) is 2.95. The molecule has 0 saturated carbocycles. The summed E-state index contributed by atoms with van der Waals surface area (Å²) >= 11 is 0. The van der Waals surface area contributed by atoms with Crippen LogP contribution in [0.4, 0.5) is 0 Å². The molecule has 3 N–H and O–H groups in total.